The number of hydrogen-bond acceptors (Lipinski definition) is 3. The number of nitrogens with zero attached hydrogens (tertiary/aromatic N) is 1. The Morgan fingerprint density at radius 1 is 1.29 bits per heavy atom. The molecule has 2 rings (SSSR count). The van der Waals surface area contributed by atoms with Crippen LogP contribution in [0.3, 0.4) is 0 Å². The van der Waals surface area contributed by atoms with Gasteiger partial charge in [0.2, 0.25) is 0 Å². The molecule has 7 heteroatoms. The molecule has 1 aromatic heterocycles. The van der Waals surface area contributed by atoms with Crippen molar-refractivity contribution in [1.29, 1.82) is 0 Å². The van der Waals surface area contributed by atoms with Crippen molar-refractivity contribution in [3.05, 3.63) is 58.4 Å². The van der Waals surface area contributed by atoms with E-state index in [9.17, 15) is 9.59 Å². The van der Waals surface area contributed by atoms with E-state index >= 15 is 0 Å². The van der Waals surface area contributed by atoms with Crippen LogP contribution < -0.4 is 10.9 Å². The number of H-pyrrole nitrogens is 1. The van der Waals surface area contributed by atoms with Crippen molar-refractivity contribution in [3.63, 3.8) is 0 Å². The van der Waals surface area contributed by atoms with Gasteiger partial charge in [-0.15, -0.1) is 0 Å². The number of amides is 2. The zero-order valence-corrected chi connectivity index (χ0v) is 11.9. The first-order valence-electron chi connectivity index (χ1n) is 6.11. The standard InChI is InChI=1S/C14H13ClN4O2/c1-9-8-12(17-16-9)14(21)19-18-13(20)7-6-10-4-2-3-5-11(10)15/h2-8H,1H3,(H,16,17)(H,18,20)(H,19,21). The third kappa shape index (κ3) is 4.19. The number of rotatable bonds is 3. The number of aromatic nitrogens is 2. The summed E-state index contributed by atoms with van der Waals surface area (Å²) in [5, 5.41) is 6.95. The Morgan fingerprint density at radius 3 is 2.71 bits per heavy atom. The summed E-state index contributed by atoms with van der Waals surface area (Å²) in [6.45, 7) is 1.77. The molecule has 6 nitrogen and oxygen atoms in total. The Hall–Kier alpha value is -2.60. The van der Waals surface area contributed by atoms with Crippen LogP contribution in [0, 0.1) is 6.92 Å². The minimum atomic E-state index is -0.501. The highest BCUT2D eigenvalue weighted by Crippen LogP contribution is 2.15. The Kier molecular flexibility index (Phi) is 4.73. The number of halogens is 1. The van der Waals surface area contributed by atoms with Crippen LogP contribution in [0.25, 0.3) is 6.08 Å². The fraction of sp³-hybridized carbons (Fsp3) is 0.0714. The number of carbonyl (C=O) groups excluding carboxylic acids is 2. The molecule has 0 saturated carbocycles. The zero-order valence-electron chi connectivity index (χ0n) is 11.2. The van der Waals surface area contributed by atoms with Crippen LogP contribution in [0.4, 0.5) is 0 Å². The van der Waals surface area contributed by atoms with E-state index in [4.69, 9.17) is 11.6 Å². The predicted molar refractivity (Wildman–Crippen MR) is 79.4 cm³/mol. The first-order valence-corrected chi connectivity index (χ1v) is 6.49. The first kappa shape index (κ1) is 14.8. The molecule has 0 bridgehead atoms. The van der Waals surface area contributed by atoms with Gasteiger partial charge in [0.05, 0.1) is 0 Å². The topological polar surface area (TPSA) is 86.9 Å². The van der Waals surface area contributed by atoms with Gasteiger partial charge in [0.25, 0.3) is 11.8 Å². The SMILES string of the molecule is Cc1cc(C(=O)NNC(=O)C=Cc2ccccc2Cl)n[nH]1. The molecule has 2 aromatic rings. The summed E-state index contributed by atoms with van der Waals surface area (Å²) in [5.74, 6) is -0.977. The summed E-state index contributed by atoms with van der Waals surface area (Å²) in [6.07, 6.45) is 2.83. The van der Waals surface area contributed by atoms with Crippen molar-refractivity contribution in [1.82, 2.24) is 21.0 Å². The number of hydrogen-bond donors (Lipinski definition) is 3. The molecule has 0 spiro atoms. The van der Waals surface area contributed by atoms with Crippen LogP contribution in [-0.2, 0) is 4.79 Å². The molecule has 0 aliphatic rings. The van der Waals surface area contributed by atoms with Crippen molar-refractivity contribution < 1.29 is 9.59 Å². The van der Waals surface area contributed by atoms with Crippen molar-refractivity contribution in [2.75, 3.05) is 0 Å². The van der Waals surface area contributed by atoms with Gasteiger partial charge in [0, 0.05) is 16.8 Å². The smallest absolute Gasteiger partial charge is 0.282 e. The summed E-state index contributed by atoms with van der Waals surface area (Å²) in [7, 11) is 0. The van der Waals surface area contributed by atoms with E-state index in [0.717, 1.165) is 5.69 Å². The molecule has 0 atom stereocenters. The quantitative estimate of drug-likeness (QED) is 0.597. The van der Waals surface area contributed by atoms with E-state index in [1.807, 2.05) is 6.07 Å². The molecular formula is C14H13ClN4O2. The van der Waals surface area contributed by atoms with Gasteiger partial charge in [-0.2, -0.15) is 5.10 Å². The molecule has 0 aliphatic carbocycles. The van der Waals surface area contributed by atoms with E-state index in [0.29, 0.717) is 10.6 Å². The van der Waals surface area contributed by atoms with E-state index in [1.165, 1.54) is 6.08 Å². The molecule has 21 heavy (non-hydrogen) atoms. The van der Waals surface area contributed by atoms with Crippen LogP contribution in [-0.4, -0.2) is 22.0 Å². The van der Waals surface area contributed by atoms with E-state index in [1.54, 1.807) is 37.3 Å². The number of aromatic amines is 1. The second-order valence-corrected chi connectivity index (χ2v) is 4.64. The van der Waals surface area contributed by atoms with Crippen LogP contribution in [0.5, 0.6) is 0 Å². The van der Waals surface area contributed by atoms with Gasteiger partial charge in [-0.25, -0.2) is 0 Å². The highest BCUT2D eigenvalue weighted by atomic mass is 35.5. The predicted octanol–water partition coefficient (Wildman–Crippen LogP) is 1.85. The molecular weight excluding hydrogens is 292 g/mol. The van der Waals surface area contributed by atoms with Gasteiger partial charge >= 0.3 is 0 Å². The third-order valence-corrected chi connectivity index (χ3v) is 2.90. The maximum Gasteiger partial charge on any atom is 0.290 e. The average molecular weight is 305 g/mol. The van der Waals surface area contributed by atoms with Gasteiger partial charge in [0.15, 0.2) is 5.69 Å². The van der Waals surface area contributed by atoms with Crippen LogP contribution in [0.2, 0.25) is 5.02 Å². The molecule has 108 valence electrons. The fourth-order valence-corrected chi connectivity index (χ4v) is 1.73. The summed E-state index contributed by atoms with van der Waals surface area (Å²) in [5.41, 5.74) is 6.18. The zero-order chi connectivity index (χ0) is 15.2. The molecule has 3 N–H and O–H groups in total. The summed E-state index contributed by atoms with van der Waals surface area (Å²) in [6, 6.07) is 8.68. The number of aryl methyl sites for hydroxylation is 1. The lowest BCUT2D eigenvalue weighted by molar-refractivity contribution is -0.117. The average Bonchev–Trinajstić information content (AvgIpc) is 2.90. The van der Waals surface area contributed by atoms with Crippen LogP contribution in [0.15, 0.2) is 36.4 Å². The first-order chi connectivity index (χ1) is 10.1. The molecule has 2 amide bonds. The molecule has 0 aliphatic heterocycles. The Morgan fingerprint density at radius 2 is 2.05 bits per heavy atom. The lowest BCUT2D eigenvalue weighted by Gasteiger charge is -2.02. The van der Waals surface area contributed by atoms with Crippen LogP contribution >= 0.6 is 11.6 Å². The summed E-state index contributed by atoms with van der Waals surface area (Å²) in [4.78, 5) is 23.2. The second-order valence-electron chi connectivity index (χ2n) is 4.23. The largest absolute Gasteiger partial charge is 0.290 e. The summed E-state index contributed by atoms with van der Waals surface area (Å²) >= 11 is 5.95. The van der Waals surface area contributed by atoms with E-state index < -0.39 is 11.8 Å². The summed E-state index contributed by atoms with van der Waals surface area (Å²) < 4.78 is 0. The molecule has 0 unspecified atom stereocenters. The number of carbonyl (C=O) groups is 2. The molecule has 1 heterocycles. The number of nitrogens with one attached hydrogen (secondary N) is 3. The Balaban J connectivity index is 1.88. The number of benzene rings is 1. The lowest BCUT2D eigenvalue weighted by Crippen LogP contribution is -2.40. The lowest BCUT2D eigenvalue weighted by atomic mass is 10.2. The second kappa shape index (κ2) is 6.71. The Labute approximate surface area is 126 Å². The van der Waals surface area contributed by atoms with Gasteiger partial charge in [-0.1, -0.05) is 29.8 Å². The minimum absolute atomic E-state index is 0.197. The fourth-order valence-electron chi connectivity index (χ4n) is 1.53. The minimum Gasteiger partial charge on any atom is -0.282 e. The third-order valence-electron chi connectivity index (χ3n) is 2.56. The van der Waals surface area contributed by atoms with Crippen molar-refractivity contribution in [2.45, 2.75) is 6.92 Å². The maximum atomic E-state index is 11.6. The van der Waals surface area contributed by atoms with Gasteiger partial charge in [-0.3, -0.25) is 25.5 Å². The van der Waals surface area contributed by atoms with E-state index in [-0.39, 0.29) is 5.69 Å². The molecule has 0 fully saturated rings. The molecule has 0 saturated heterocycles. The monoisotopic (exact) mass is 304 g/mol. The highest BCUT2D eigenvalue weighted by molar-refractivity contribution is 6.32. The Bertz CT molecular complexity index is 694. The van der Waals surface area contributed by atoms with Crippen molar-refractivity contribution in [2.24, 2.45) is 0 Å². The van der Waals surface area contributed by atoms with Gasteiger partial charge in [-0.05, 0) is 30.7 Å². The molecule has 1 aromatic carbocycles. The maximum absolute atomic E-state index is 11.6. The normalized spacial score (nSPS) is 10.6. The van der Waals surface area contributed by atoms with E-state index in [2.05, 4.69) is 21.0 Å². The number of hydrazine groups is 1. The van der Waals surface area contributed by atoms with Crippen molar-refractivity contribution in [3.8, 4) is 0 Å². The van der Waals surface area contributed by atoms with Gasteiger partial charge in [0.1, 0.15) is 0 Å². The highest BCUT2D eigenvalue weighted by Gasteiger charge is 2.09. The molecule has 0 radical (unpaired) electrons. The van der Waals surface area contributed by atoms with Crippen LogP contribution in [0.1, 0.15) is 21.7 Å². The van der Waals surface area contributed by atoms with Crippen molar-refractivity contribution >= 4 is 29.5 Å². The van der Waals surface area contributed by atoms with Gasteiger partial charge < -0.3 is 0 Å².